The Hall–Kier alpha value is -2.68. The Balaban J connectivity index is 1.67. The van der Waals surface area contributed by atoms with Crippen molar-refractivity contribution in [2.45, 2.75) is 19.3 Å². The maximum Gasteiger partial charge on any atom is 0.417 e. The van der Waals surface area contributed by atoms with Gasteiger partial charge < -0.3 is 9.88 Å². The van der Waals surface area contributed by atoms with E-state index in [0.717, 1.165) is 20.9 Å². The van der Waals surface area contributed by atoms with Crippen LogP contribution in [0.1, 0.15) is 10.6 Å². The number of nitrogens with one attached hydrogen (secondary N) is 1. The van der Waals surface area contributed by atoms with Crippen LogP contribution in [0.2, 0.25) is 0 Å². The third kappa shape index (κ3) is 4.05. The normalized spacial score (nSPS) is 11.6. The van der Waals surface area contributed by atoms with Crippen LogP contribution in [0.4, 0.5) is 13.2 Å². The maximum atomic E-state index is 12.7. The Morgan fingerprint density at radius 3 is 2.68 bits per heavy atom. The summed E-state index contributed by atoms with van der Waals surface area (Å²) in [6.45, 7) is -0.348. The number of pyridine rings is 1. The minimum absolute atomic E-state index is 0.145. The SMILES string of the molecule is O=C(Cn1cc(C(F)(F)F)ccc1=O)NCc1nc2ccccc2s1. The molecule has 0 fully saturated rings. The molecule has 0 atom stereocenters. The van der Waals surface area contributed by atoms with Gasteiger partial charge in [0.2, 0.25) is 5.91 Å². The molecule has 0 aliphatic carbocycles. The molecule has 5 nitrogen and oxygen atoms in total. The van der Waals surface area contributed by atoms with Gasteiger partial charge in [0, 0.05) is 12.3 Å². The second-order valence-corrected chi connectivity index (χ2v) is 6.35. The van der Waals surface area contributed by atoms with Gasteiger partial charge in [0.1, 0.15) is 11.6 Å². The topological polar surface area (TPSA) is 64.0 Å². The summed E-state index contributed by atoms with van der Waals surface area (Å²) >= 11 is 1.41. The fourth-order valence-electron chi connectivity index (χ4n) is 2.20. The molecule has 25 heavy (non-hydrogen) atoms. The summed E-state index contributed by atoms with van der Waals surface area (Å²) in [5.41, 5.74) is -0.847. The fraction of sp³-hybridized carbons (Fsp3) is 0.188. The number of alkyl halides is 3. The lowest BCUT2D eigenvalue weighted by Crippen LogP contribution is -2.32. The number of halogens is 3. The zero-order valence-electron chi connectivity index (χ0n) is 12.7. The molecule has 3 aromatic rings. The van der Waals surface area contributed by atoms with Crippen LogP contribution in [0.5, 0.6) is 0 Å². The average molecular weight is 367 g/mol. The van der Waals surface area contributed by atoms with Gasteiger partial charge in [-0.15, -0.1) is 11.3 Å². The maximum absolute atomic E-state index is 12.7. The van der Waals surface area contributed by atoms with E-state index in [1.165, 1.54) is 11.3 Å². The largest absolute Gasteiger partial charge is 0.417 e. The van der Waals surface area contributed by atoms with Crippen molar-refractivity contribution in [3.63, 3.8) is 0 Å². The molecule has 130 valence electrons. The molecule has 2 aromatic heterocycles. The van der Waals surface area contributed by atoms with E-state index in [1.54, 1.807) is 0 Å². The van der Waals surface area contributed by atoms with Gasteiger partial charge in [0.15, 0.2) is 0 Å². The van der Waals surface area contributed by atoms with Crippen LogP contribution in [-0.4, -0.2) is 15.5 Å². The number of nitrogens with zero attached hydrogens (tertiary/aromatic N) is 2. The van der Waals surface area contributed by atoms with Gasteiger partial charge in [-0.1, -0.05) is 12.1 Å². The van der Waals surface area contributed by atoms with Gasteiger partial charge in [0.25, 0.3) is 5.56 Å². The average Bonchev–Trinajstić information content (AvgIpc) is 2.97. The standard InChI is InChI=1S/C16H12F3N3O2S/c17-16(18,19)10-5-6-15(24)22(8-10)9-13(23)20-7-14-21-11-3-1-2-4-12(11)25-14/h1-6,8H,7,9H2,(H,20,23). The monoisotopic (exact) mass is 367 g/mol. The van der Waals surface area contributed by atoms with Crippen LogP contribution in [-0.2, 0) is 24.1 Å². The van der Waals surface area contributed by atoms with E-state index in [-0.39, 0.29) is 6.54 Å². The van der Waals surface area contributed by atoms with Crippen molar-refractivity contribution in [1.29, 1.82) is 0 Å². The van der Waals surface area contributed by atoms with Crippen LogP contribution in [0.3, 0.4) is 0 Å². The summed E-state index contributed by atoms with van der Waals surface area (Å²) in [5.74, 6) is -0.569. The number of carbonyl (C=O) groups excluding carboxylic acids is 1. The number of thiazole rings is 1. The first kappa shape index (κ1) is 17.2. The van der Waals surface area contributed by atoms with Gasteiger partial charge >= 0.3 is 6.18 Å². The highest BCUT2D eigenvalue weighted by atomic mass is 32.1. The zero-order valence-corrected chi connectivity index (χ0v) is 13.5. The van der Waals surface area contributed by atoms with Crippen LogP contribution in [0, 0.1) is 0 Å². The molecule has 0 saturated heterocycles. The highest BCUT2D eigenvalue weighted by Gasteiger charge is 2.31. The molecule has 0 saturated carbocycles. The quantitative estimate of drug-likeness (QED) is 0.771. The van der Waals surface area contributed by atoms with Crippen LogP contribution in [0.25, 0.3) is 10.2 Å². The van der Waals surface area contributed by atoms with Gasteiger partial charge in [-0.2, -0.15) is 13.2 Å². The molecule has 0 aliphatic rings. The summed E-state index contributed by atoms with van der Waals surface area (Å²) in [6, 6.07) is 8.97. The molecule has 0 radical (unpaired) electrons. The van der Waals surface area contributed by atoms with Crippen molar-refractivity contribution in [2.75, 3.05) is 0 Å². The van der Waals surface area contributed by atoms with Crippen molar-refractivity contribution in [1.82, 2.24) is 14.9 Å². The molecular formula is C16H12F3N3O2S. The highest BCUT2D eigenvalue weighted by Crippen LogP contribution is 2.28. The first-order valence-electron chi connectivity index (χ1n) is 7.22. The van der Waals surface area contributed by atoms with Crippen LogP contribution >= 0.6 is 11.3 Å². The molecule has 0 bridgehead atoms. The van der Waals surface area contributed by atoms with E-state index in [2.05, 4.69) is 10.3 Å². The second kappa shape index (κ2) is 6.67. The smallest absolute Gasteiger partial charge is 0.348 e. The molecule has 0 spiro atoms. The summed E-state index contributed by atoms with van der Waals surface area (Å²) in [7, 11) is 0. The number of hydrogen-bond donors (Lipinski definition) is 1. The van der Waals surface area contributed by atoms with Gasteiger partial charge in [-0.05, 0) is 18.2 Å². The lowest BCUT2D eigenvalue weighted by molar-refractivity contribution is -0.138. The predicted octanol–water partition coefficient (Wildman–Crippen LogP) is 2.79. The van der Waals surface area contributed by atoms with Crippen LogP contribution in [0.15, 0.2) is 47.4 Å². The fourth-order valence-corrected chi connectivity index (χ4v) is 3.11. The van der Waals surface area contributed by atoms with E-state index in [4.69, 9.17) is 0 Å². The van der Waals surface area contributed by atoms with Crippen molar-refractivity contribution in [2.24, 2.45) is 0 Å². The molecule has 1 amide bonds. The third-order valence-electron chi connectivity index (χ3n) is 3.40. The van der Waals surface area contributed by atoms with Crippen molar-refractivity contribution >= 4 is 27.5 Å². The number of fused-ring (bicyclic) bond motifs is 1. The van der Waals surface area contributed by atoms with Crippen molar-refractivity contribution in [3.8, 4) is 0 Å². The Labute approximate surface area is 143 Å². The molecule has 2 heterocycles. The number of aromatic nitrogens is 2. The van der Waals surface area contributed by atoms with E-state index in [0.29, 0.717) is 17.3 Å². The minimum Gasteiger partial charge on any atom is -0.348 e. The Bertz CT molecular complexity index is 945. The molecule has 0 unspecified atom stereocenters. The molecular weight excluding hydrogens is 355 g/mol. The van der Waals surface area contributed by atoms with E-state index < -0.39 is 29.8 Å². The molecule has 1 N–H and O–H groups in total. The number of carbonyl (C=O) groups is 1. The summed E-state index contributed by atoms with van der Waals surface area (Å²) in [4.78, 5) is 27.9. The second-order valence-electron chi connectivity index (χ2n) is 5.23. The minimum atomic E-state index is -4.58. The first-order valence-corrected chi connectivity index (χ1v) is 8.03. The third-order valence-corrected chi connectivity index (χ3v) is 4.44. The number of rotatable bonds is 4. The summed E-state index contributed by atoms with van der Waals surface area (Å²) in [5, 5.41) is 3.23. The lowest BCUT2D eigenvalue weighted by atomic mass is 10.3. The van der Waals surface area contributed by atoms with Crippen molar-refractivity contribution in [3.05, 3.63) is 63.5 Å². The summed E-state index contributed by atoms with van der Waals surface area (Å²) < 4.78 is 39.8. The highest BCUT2D eigenvalue weighted by molar-refractivity contribution is 7.18. The Kier molecular flexibility index (Phi) is 4.58. The van der Waals surface area contributed by atoms with E-state index in [9.17, 15) is 22.8 Å². The molecule has 3 rings (SSSR count). The van der Waals surface area contributed by atoms with Gasteiger partial charge in [-0.25, -0.2) is 4.98 Å². The number of amides is 1. The Morgan fingerprint density at radius 2 is 1.96 bits per heavy atom. The van der Waals surface area contributed by atoms with Crippen molar-refractivity contribution < 1.29 is 18.0 Å². The molecule has 1 aromatic carbocycles. The van der Waals surface area contributed by atoms with Crippen LogP contribution < -0.4 is 10.9 Å². The van der Waals surface area contributed by atoms with E-state index in [1.807, 2.05) is 24.3 Å². The first-order chi connectivity index (χ1) is 11.8. The zero-order chi connectivity index (χ0) is 18.0. The van der Waals surface area contributed by atoms with Gasteiger partial charge in [-0.3, -0.25) is 9.59 Å². The molecule has 0 aliphatic heterocycles. The Morgan fingerprint density at radius 1 is 1.20 bits per heavy atom. The predicted molar refractivity (Wildman–Crippen MR) is 87.2 cm³/mol. The lowest BCUT2D eigenvalue weighted by Gasteiger charge is -2.10. The number of hydrogen-bond acceptors (Lipinski definition) is 4. The number of benzene rings is 1. The number of para-hydroxylation sites is 1. The summed E-state index contributed by atoms with van der Waals surface area (Å²) in [6.07, 6.45) is -3.94. The van der Waals surface area contributed by atoms with Gasteiger partial charge in [0.05, 0.1) is 22.3 Å². The van der Waals surface area contributed by atoms with E-state index >= 15 is 0 Å². The molecule has 9 heteroatoms.